The lowest BCUT2D eigenvalue weighted by Gasteiger charge is -2.37. The van der Waals surface area contributed by atoms with Gasteiger partial charge in [0.1, 0.15) is 11.9 Å². The molecule has 0 aliphatic rings. The van der Waals surface area contributed by atoms with Crippen molar-refractivity contribution >= 4 is 31.4 Å². The summed E-state index contributed by atoms with van der Waals surface area (Å²) < 4.78 is 37.9. The second-order valence-electron chi connectivity index (χ2n) is 5.56. The van der Waals surface area contributed by atoms with E-state index in [1.54, 1.807) is 0 Å². The molecule has 0 aromatic rings. The van der Waals surface area contributed by atoms with Gasteiger partial charge in [0.15, 0.2) is 0 Å². The topological polar surface area (TPSA) is 118 Å². The maximum atomic E-state index is 13.0. The molecular weight excluding hydrogens is 403 g/mol. The predicted molar refractivity (Wildman–Crippen MR) is 98.3 cm³/mol. The zero-order valence-electron chi connectivity index (χ0n) is 16.3. The van der Waals surface area contributed by atoms with Crippen LogP contribution in [-0.2, 0) is 37.2 Å². The van der Waals surface area contributed by atoms with Gasteiger partial charge in [-0.25, -0.2) is 9.59 Å². The average molecular weight is 433 g/mol. The molecule has 0 aromatic heterocycles. The average Bonchev–Trinajstić information content (AvgIpc) is 2.63. The summed E-state index contributed by atoms with van der Waals surface area (Å²) in [7, 11) is -4.94. The second-order valence-corrected chi connectivity index (χ2v) is 7.68. The minimum Gasteiger partial charge on any atom is -0.464 e. The van der Waals surface area contributed by atoms with E-state index in [-0.39, 0.29) is 26.4 Å². The maximum absolute atomic E-state index is 13.0. The van der Waals surface area contributed by atoms with Crippen LogP contribution in [0.15, 0.2) is 0 Å². The first-order chi connectivity index (χ1) is 12.8. The molecule has 0 rings (SSSR count). The van der Waals surface area contributed by atoms with E-state index in [1.807, 2.05) is 13.8 Å². The lowest BCUT2D eigenvalue weighted by atomic mass is 10.2. The summed E-state index contributed by atoms with van der Waals surface area (Å²) in [4.78, 5) is 35.6. The fourth-order valence-electron chi connectivity index (χ4n) is 2.19. The molecule has 0 amide bonds. The number of rotatable bonds is 15. The Balaban J connectivity index is 6.09. The Hall–Kier alpha value is -0.700. The highest BCUT2D eigenvalue weighted by Crippen LogP contribution is 2.59. The van der Waals surface area contributed by atoms with Gasteiger partial charge in [0.05, 0.1) is 13.2 Å². The first-order valence-corrected chi connectivity index (χ1v) is 10.9. The van der Waals surface area contributed by atoms with Crippen molar-refractivity contribution in [2.45, 2.75) is 64.8 Å². The Kier molecular flexibility index (Phi) is 13.1. The second kappa shape index (κ2) is 13.5. The van der Waals surface area contributed by atoms with Gasteiger partial charge in [-0.1, -0.05) is 26.7 Å². The van der Waals surface area contributed by atoms with E-state index in [0.29, 0.717) is 19.3 Å². The van der Waals surface area contributed by atoms with Crippen molar-refractivity contribution in [3.63, 3.8) is 0 Å². The third-order valence-corrected chi connectivity index (χ3v) is 5.61. The number of carbonyl (C=O) groups is 2. The normalized spacial score (nSPS) is 16.8. The number of halogens is 1. The van der Waals surface area contributed by atoms with Crippen molar-refractivity contribution < 1.29 is 42.1 Å². The lowest BCUT2D eigenvalue weighted by Crippen LogP contribution is -2.57. The molecule has 0 radical (unpaired) electrons. The van der Waals surface area contributed by atoms with Crippen LogP contribution in [0.2, 0.25) is 0 Å². The number of hydrogen-bond donors (Lipinski definition) is 1. The van der Waals surface area contributed by atoms with Crippen molar-refractivity contribution in [2.75, 3.05) is 26.4 Å². The first-order valence-electron chi connectivity index (χ1n) is 9.01. The number of carbonyl (C=O) groups excluding carboxylic acids is 2. The summed E-state index contributed by atoms with van der Waals surface area (Å²) in [5.41, 5.74) is 0. The van der Waals surface area contributed by atoms with Gasteiger partial charge in [-0.2, -0.15) is 0 Å². The largest absolute Gasteiger partial charge is 0.464 e. The highest BCUT2D eigenvalue weighted by molar-refractivity contribution is 7.55. The zero-order chi connectivity index (χ0) is 20.9. The summed E-state index contributed by atoms with van der Waals surface area (Å²) in [5, 5.41) is -2.81. The van der Waals surface area contributed by atoms with E-state index >= 15 is 0 Å². The molecule has 27 heavy (non-hydrogen) atoms. The molecule has 0 bridgehead atoms. The van der Waals surface area contributed by atoms with Gasteiger partial charge in [-0.05, 0) is 26.7 Å². The van der Waals surface area contributed by atoms with Crippen LogP contribution < -0.4 is 0 Å². The third kappa shape index (κ3) is 7.00. The molecule has 0 fully saturated rings. The highest BCUT2D eigenvalue weighted by atomic mass is 35.5. The van der Waals surface area contributed by atoms with Crippen molar-refractivity contribution in [2.24, 2.45) is 0 Å². The Bertz CT molecular complexity index is 502. The molecule has 0 aliphatic heterocycles. The van der Waals surface area contributed by atoms with Crippen molar-refractivity contribution in [3.8, 4) is 0 Å². The molecule has 1 N–H and O–H groups in total. The Morgan fingerprint density at radius 2 is 1.67 bits per heavy atom. The van der Waals surface area contributed by atoms with Gasteiger partial charge in [0.2, 0.25) is 6.10 Å². The standard InChI is InChI=1S/C16H30ClO9P/c1-5-9-11-23-14(18)13(22-7-3)16(24-8-4,15(19)26-17)27(20,21)25-12-10-6-2/h13H,5-12H2,1-4H3,(H,20,21). The Morgan fingerprint density at radius 1 is 1.07 bits per heavy atom. The summed E-state index contributed by atoms with van der Waals surface area (Å²) in [6, 6.07) is 0. The number of hydrogen-bond acceptors (Lipinski definition) is 8. The lowest BCUT2D eigenvalue weighted by molar-refractivity contribution is -0.187. The highest BCUT2D eigenvalue weighted by Gasteiger charge is 2.67. The van der Waals surface area contributed by atoms with Crippen LogP contribution in [0.1, 0.15) is 53.4 Å². The summed E-state index contributed by atoms with van der Waals surface area (Å²) in [5.74, 6) is -2.52. The monoisotopic (exact) mass is 432 g/mol. The van der Waals surface area contributed by atoms with E-state index in [1.165, 1.54) is 13.8 Å². The fraction of sp³-hybridized carbons (Fsp3) is 0.875. The molecule has 9 nitrogen and oxygen atoms in total. The van der Waals surface area contributed by atoms with Crippen LogP contribution in [0.25, 0.3) is 0 Å². The summed E-state index contributed by atoms with van der Waals surface area (Å²) in [6.45, 7) is 6.35. The van der Waals surface area contributed by atoms with E-state index in [4.69, 9.17) is 30.6 Å². The molecule has 0 aliphatic carbocycles. The molecule has 0 heterocycles. The molecule has 0 saturated heterocycles. The van der Waals surface area contributed by atoms with Gasteiger partial charge in [-0.3, -0.25) is 4.57 Å². The zero-order valence-corrected chi connectivity index (χ0v) is 17.9. The molecule has 0 saturated carbocycles. The van der Waals surface area contributed by atoms with Crippen molar-refractivity contribution in [1.82, 2.24) is 0 Å². The van der Waals surface area contributed by atoms with Crippen LogP contribution in [0.3, 0.4) is 0 Å². The summed E-state index contributed by atoms with van der Waals surface area (Å²) >= 11 is 5.19. The van der Waals surface area contributed by atoms with Crippen molar-refractivity contribution in [3.05, 3.63) is 0 Å². The molecule has 160 valence electrons. The van der Waals surface area contributed by atoms with E-state index in [9.17, 15) is 19.0 Å². The smallest absolute Gasteiger partial charge is 0.374 e. The van der Waals surface area contributed by atoms with Gasteiger partial charge in [0.25, 0.3) is 0 Å². The minimum atomic E-state index is -4.94. The van der Waals surface area contributed by atoms with E-state index in [2.05, 4.69) is 4.29 Å². The predicted octanol–water partition coefficient (Wildman–Crippen LogP) is 3.17. The van der Waals surface area contributed by atoms with Gasteiger partial charge in [0, 0.05) is 13.2 Å². The molecule has 0 spiro atoms. The SMILES string of the molecule is CCCCOC(=O)C(OCC)C(OCC)(C(=O)OCl)P(=O)(O)OCCCC. The maximum Gasteiger partial charge on any atom is 0.374 e. The molecule has 3 atom stereocenters. The molecule has 0 aromatic carbocycles. The summed E-state index contributed by atoms with van der Waals surface area (Å²) in [6.07, 6.45) is 0.544. The number of ether oxygens (including phenoxy) is 3. The van der Waals surface area contributed by atoms with Crippen LogP contribution >= 0.6 is 19.5 Å². The third-order valence-electron chi connectivity index (χ3n) is 3.56. The van der Waals surface area contributed by atoms with Crippen LogP contribution in [0.4, 0.5) is 0 Å². The van der Waals surface area contributed by atoms with Gasteiger partial charge >= 0.3 is 24.9 Å². The first kappa shape index (κ1) is 26.3. The quantitative estimate of drug-likeness (QED) is 0.236. The van der Waals surface area contributed by atoms with Gasteiger partial charge in [-0.15, -0.1) is 0 Å². The minimum absolute atomic E-state index is 0.0451. The van der Waals surface area contributed by atoms with Crippen LogP contribution in [0, 0.1) is 0 Å². The van der Waals surface area contributed by atoms with E-state index in [0.717, 1.165) is 6.42 Å². The van der Waals surface area contributed by atoms with Crippen LogP contribution in [0.5, 0.6) is 0 Å². The van der Waals surface area contributed by atoms with Gasteiger partial charge < -0.3 is 27.9 Å². The fourth-order valence-corrected chi connectivity index (χ4v) is 3.97. The van der Waals surface area contributed by atoms with E-state index < -0.39 is 31.0 Å². The molecular formula is C16H30ClO9P. The Labute approximate surface area is 165 Å². The molecule has 11 heteroatoms. The Morgan fingerprint density at radius 3 is 2.15 bits per heavy atom. The van der Waals surface area contributed by atoms with Crippen LogP contribution in [-0.4, -0.2) is 54.7 Å². The molecule has 3 unspecified atom stereocenters. The number of unbranched alkanes of at least 4 members (excludes halogenated alkanes) is 2. The van der Waals surface area contributed by atoms with Crippen molar-refractivity contribution in [1.29, 1.82) is 0 Å². The number of esters is 1.